The van der Waals surface area contributed by atoms with Gasteiger partial charge < -0.3 is 9.52 Å². The van der Waals surface area contributed by atoms with Gasteiger partial charge in [0, 0.05) is 17.1 Å². The van der Waals surface area contributed by atoms with Crippen molar-refractivity contribution in [3.8, 4) is 0 Å². The van der Waals surface area contributed by atoms with Crippen molar-refractivity contribution in [3.05, 3.63) is 35.2 Å². The van der Waals surface area contributed by atoms with Gasteiger partial charge in [-0.3, -0.25) is 4.90 Å². The van der Waals surface area contributed by atoms with Gasteiger partial charge in [0.1, 0.15) is 11.9 Å². The molecule has 17 heavy (non-hydrogen) atoms. The number of rotatable bonds is 5. The molecule has 0 saturated carbocycles. The maximum absolute atomic E-state index is 10.1. The fraction of sp³-hybridized carbons (Fsp3) is 0.538. The molecule has 1 aromatic heterocycles. The molecule has 0 spiro atoms. The van der Waals surface area contributed by atoms with Gasteiger partial charge in [0.2, 0.25) is 0 Å². The van der Waals surface area contributed by atoms with Crippen molar-refractivity contribution in [2.75, 3.05) is 13.1 Å². The third kappa shape index (κ3) is 3.44. The standard InChI is InChI=1S/C13H18BrNO2/c1-10(14)9-15-6-2-4-11(15)8-12(16)13-5-3-7-17-13/h3,5,7,11-12,16H,1-2,4,6,8-9H2. The van der Waals surface area contributed by atoms with Gasteiger partial charge in [0.15, 0.2) is 0 Å². The van der Waals surface area contributed by atoms with E-state index in [1.807, 2.05) is 12.1 Å². The monoisotopic (exact) mass is 299 g/mol. The fourth-order valence-electron chi connectivity index (χ4n) is 2.45. The zero-order valence-corrected chi connectivity index (χ0v) is 11.4. The molecular weight excluding hydrogens is 282 g/mol. The molecule has 2 atom stereocenters. The van der Waals surface area contributed by atoms with E-state index in [-0.39, 0.29) is 0 Å². The number of hydrogen-bond acceptors (Lipinski definition) is 3. The predicted molar refractivity (Wildman–Crippen MR) is 70.9 cm³/mol. The van der Waals surface area contributed by atoms with Crippen LogP contribution in [-0.4, -0.2) is 29.1 Å². The summed E-state index contributed by atoms with van der Waals surface area (Å²) in [6.45, 7) is 5.82. The molecule has 0 aliphatic carbocycles. The van der Waals surface area contributed by atoms with E-state index in [1.54, 1.807) is 6.26 Å². The lowest BCUT2D eigenvalue weighted by Gasteiger charge is -2.25. The minimum atomic E-state index is -0.501. The lowest BCUT2D eigenvalue weighted by Crippen LogP contribution is -2.31. The molecule has 2 heterocycles. The number of halogens is 1. The Labute approximate surface area is 110 Å². The molecule has 0 bridgehead atoms. The Morgan fingerprint density at radius 2 is 2.53 bits per heavy atom. The molecule has 1 saturated heterocycles. The number of aliphatic hydroxyl groups excluding tert-OH is 1. The Bertz CT molecular complexity index is 364. The van der Waals surface area contributed by atoms with Crippen molar-refractivity contribution in [1.29, 1.82) is 0 Å². The van der Waals surface area contributed by atoms with Gasteiger partial charge in [-0.15, -0.1) is 0 Å². The van der Waals surface area contributed by atoms with E-state index in [2.05, 4.69) is 27.4 Å². The maximum Gasteiger partial charge on any atom is 0.132 e. The zero-order valence-electron chi connectivity index (χ0n) is 9.81. The van der Waals surface area contributed by atoms with Crippen molar-refractivity contribution in [2.45, 2.75) is 31.4 Å². The van der Waals surface area contributed by atoms with Gasteiger partial charge in [-0.25, -0.2) is 0 Å². The minimum absolute atomic E-state index is 0.421. The number of nitrogens with zero attached hydrogens (tertiary/aromatic N) is 1. The molecule has 1 aliphatic heterocycles. The average Bonchev–Trinajstić information content (AvgIpc) is 2.89. The SMILES string of the molecule is C=C(Br)CN1CCCC1CC(O)c1ccco1. The van der Waals surface area contributed by atoms with Gasteiger partial charge in [-0.2, -0.15) is 0 Å². The average molecular weight is 300 g/mol. The van der Waals surface area contributed by atoms with Crippen molar-refractivity contribution >= 4 is 15.9 Å². The summed E-state index contributed by atoms with van der Waals surface area (Å²) in [5.74, 6) is 0.662. The number of likely N-dealkylation sites (tertiary alicyclic amines) is 1. The van der Waals surface area contributed by atoms with Crippen LogP contribution in [0.5, 0.6) is 0 Å². The molecule has 94 valence electrons. The normalized spacial score (nSPS) is 22.8. The van der Waals surface area contributed by atoms with Gasteiger partial charge in [0.25, 0.3) is 0 Å². The van der Waals surface area contributed by atoms with Gasteiger partial charge >= 0.3 is 0 Å². The molecule has 1 N–H and O–H groups in total. The van der Waals surface area contributed by atoms with Crippen molar-refractivity contribution in [2.24, 2.45) is 0 Å². The summed E-state index contributed by atoms with van der Waals surface area (Å²) >= 11 is 3.40. The van der Waals surface area contributed by atoms with Gasteiger partial charge in [-0.1, -0.05) is 22.5 Å². The van der Waals surface area contributed by atoms with E-state index in [9.17, 15) is 5.11 Å². The highest BCUT2D eigenvalue weighted by atomic mass is 79.9. The molecule has 2 unspecified atom stereocenters. The second-order valence-corrected chi connectivity index (χ2v) is 5.67. The van der Waals surface area contributed by atoms with Gasteiger partial charge in [0.05, 0.1) is 6.26 Å². The van der Waals surface area contributed by atoms with Crippen molar-refractivity contribution in [3.63, 3.8) is 0 Å². The zero-order chi connectivity index (χ0) is 12.3. The Morgan fingerprint density at radius 1 is 1.71 bits per heavy atom. The quantitative estimate of drug-likeness (QED) is 0.908. The Balaban J connectivity index is 1.91. The van der Waals surface area contributed by atoms with Crippen LogP contribution in [0.2, 0.25) is 0 Å². The van der Waals surface area contributed by atoms with Crippen LogP contribution >= 0.6 is 15.9 Å². The van der Waals surface area contributed by atoms with Crippen molar-refractivity contribution < 1.29 is 9.52 Å². The van der Waals surface area contributed by atoms with Crippen LogP contribution < -0.4 is 0 Å². The minimum Gasteiger partial charge on any atom is -0.467 e. The van der Waals surface area contributed by atoms with Crippen LogP contribution in [-0.2, 0) is 0 Å². The van der Waals surface area contributed by atoms with Crippen LogP contribution in [0.25, 0.3) is 0 Å². The molecule has 1 aliphatic rings. The summed E-state index contributed by atoms with van der Waals surface area (Å²) < 4.78 is 6.22. The first-order chi connectivity index (χ1) is 8.16. The second kappa shape index (κ2) is 5.85. The summed E-state index contributed by atoms with van der Waals surface area (Å²) in [5.41, 5.74) is 0. The highest BCUT2D eigenvalue weighted by molar-refractivity contribution is 9.11. The number of furan rings is 1. The lowest BCUT2D eigenvalue weighted by molar-refractivity contribution is 0.105. The van der Waals surface area contributed by atoms with E-state index >= 15 is 0 Å². The summed E-state index contributed by atoms with van der Waals surface area (Å²) in [7, 11) is 0. The molecule has 3 nitrogen and oxygen atoms in total. The third-order valence-corrected chi connectivity index (χ3v) is 3.49. The smallest absolute Gasteiger partial charge is 0.132 e. The molecule has 0 amide bonds. The van der Waals surface area contributed by atoms with Crippen LogP contribution in [0.15, 0.2) is 33.9 Å². The van der Waals surface area contributed by atoms with Crippen LogP contribution in [0, 0.1) is 0 Å². The van der Waals surface area contributed by atoms with Crippen molar-refractivity contribution in [1.82, 2.24) is 4.90 Å². The summed E-state index contributed by atoms with van der Waals surface area (Å²) in [4.78, 5) is 2.36. The largest absolute Gasteiger partial charge is 0.467 e. The molecular formula is C13H18BrNO2. The molecule has 1 aromatic rings. The topological polar surface area (TPSA) is 36.6 Å². The molecule has 2 rings (SSSR count). The lowest BCUT2D eigenvalue weighted by atomic mass is 10.1. The molecule has 1 fully saturated rings. The van der Waals surface area contributed by atoms with Crippen LogP contribution in [0.3, 0.4) is 0 Å². The molecule has 0 aromatic carbocycles. The first-order valence-corrected chi connectivity index (χ1v) is 6.75. The van der Waals surface area contributed by atoms with E-state index in [4.69, 9.17) is 4.42 Å². The molecule has 4 heteroatoms. The van der Waals surface area contributed by atoms with E-state index in [1.165, 1.54) is 6.42 Å². The molecule has 0 radical (unpaired) electrons. The first-order valence-electron chi connectivity index (χ1n) is 5.95. The summed E-state index contributed by atoms with van der Waals surface area (Å²) in [5, 5.41) is 10.1. The van der Waals surface area contributed by atoms with E-state index < -0.39 is 6.10 Å². The van der Waals surface area contributed by atoms with Crippen LogP contribution in [0.1, 0.15) is 31.1 Å². The highest BCUT2D eigenvalue weighted by Crippen LogP contribution is 2.28. The number of aliphatic hydroxyl groups is 1. The first kappa shape index (κ1) is 12.9. The van der Waals surface area contributed by atoms with Crippen LogP contribution in [0.4, 0.5) is 0 Å². The predicted octanol–water partition coefficient (Wildman–Crippen LogP) is 3.08. The summed E-state index contributed by atoms with van der Waals surface area (Å²) in [6.07, 6.45) is 4.16. The van der Waals surface area contributed by atoms with E-state index in [0.29, 0.717) is 11.8 Å². The highest BCUT2D eigenvalue weighted by Gasteiger charge is 2.27. The Morgan fingerprint density at radius 3 is 3.18 bits per heavy atom. The third-order valence-electron chi connectivity index (χ3n) is 3.24. The second-order valence-electron chi connectivity index (χ2n) is 4.55. The number of hydrogen-bond donors (Lipinski definition) is 1. The summed E-state index contributed by atoms with van der Waals surface area (Å²) in [6, 6.07) is 4.06. The Hall–Kier alpha value is -0.580. The van der Waals surface area contributed by atoms with E-state index in [0.717, 1.165) is 30.4 Å². The fourth-order valence-corrected chi connectivity index (χ4v) is 2.77. The maximum atomic E-state index is 10.1. The Kier molecular flexibility index (Phi) is 4.42. The van der Waals surface area contributed by atoms with Gasteiger partial charge in [-0.05, 0) is 37.9 Å².